The molecule has 1 saturated carbocycles. The van der Waals surface area contributed by atoms with Gasteiger partial charge in [-0.3, -0.25) is 0 Å². The Morgan fingerprint density at radius 3 is 2.60 bits per heavy atom. The van der Waals surface area contributed by atoms with Gasteiger partial charge in [0.05, 0.1) is 0 Å². The van der Waals surface area contributed by atoms with Gasteiger partial charge in [0.1, 0.15) is 5.82 Å². The molecule has 1 aromatic rings. The van der Waals surface area contributed by atoms with E-state index in [1.807, 2.05) is 6.07 Å². The first-order chi connectivity index (χ1) is 9.61. The van der Waals surface area contributed by atoms with Gasteiger partial charge in [0.25, 0.3) is 0 Å². The van der Waals surface area contributed by atoms with Crippen LogP contribution in [0.15, 0.2) is 22.7 Å². The van der Waals surface area contributed by atoms with Crippen LogP contribution in [0.4, 0.5) is 4.39 Å². The highest BCUT2D eigenvalue weighted by molar-refractivity contribution is 9.10. The van der Waals surface area contributed by atoms with Crippen molar-refractivity contribution in [1.29, 1.82) is 0 Å². The Hall–Kier alpha value is -0.410. The summed E-state index contributed by atoms with van der Waals surface area (Å²) in [7, 11) is 0. The number of hydrogen-bond acceptors (Lipinski definition) is 1. The van der Waals surface area contributed by atoms with Gasteiger partial charge < -0.3 is 5.32 Å². The highest BCUT2D eigenvalue weighted by Crippen LogP contribution is 2.45. The van der Waals surface area contributed by atoms with Gasteiger partial charge >= 0.3 is 0 Å². The zero-order chi connectivity index (χ0) is 14.6. The molecule has 0 aliphatic heterocycles. The van der Waals surface area contributed by atoms with Crippen molar-refractivity contribution in [2.45, 2.75) is 58.4 Å². The molecule has 0 saturated heterocycles. The summed E-state index contributed by atoms with van der Waals surface area (Å²) in [6.07, 6.45) is 7.37. The van der Waals surface area contributed by atoms with E-state index in [1.165, 1.54) is 38.2 Å². The number of halogens is 2. The van der Waals surface area contributed by atoms with Crippen LogP contribution in [0.1, 0.15) is 51.5 Å². The Bertz CT molecular complexity index is 441. The Morgan fingerprint density at radius 1 is 1.30 bits per heavy atom. The minimum atomic E-state index is -0.143. The van der Waals surface area contributed by atoms with Crippen LogP contribution in [0.25, 0.3) is 0 Å². The monoisotopic (exact) mass is 341 g/mol. The highest BCUT2D eigenvalue weighted by atomic mass is 79.9. The average Bonchev–Trinajstić information content (AvgIpc) is 2.92. The van der Waals surface area contributed by atoms with Crippen LogP contribution in [0.5, 0.6) is 0 Å². The molecule has 0 amide bonds. The third kappa shape index (κ3) is 3.43. The molecule has 0 bridgehead atoms. The van der Waals surface area contributed by atoms with Crippen LogP contribution in [0.2, 0.25) is 0 Å². The molecular weight excluding hydrogens is 317 g/mol. The van der Waals surface area contributed by atoms with Crippen LogP contribution in [-0.2, 0) is 6.42 Å². The van der Waals surface area contributed by atoms with Crippen LogP contribution in [0, 0.1) is 11.2 Å². The summed E-state index contributed by atoms with van der Waals surface area (Å²) in [6.45, 7) is 5.43. The molecule has 1 unspecified atom stereocenters. The first-order valence-corrected chi connectivity index (χ1v) is 8.58. The Balaban J connectivity index is 2.22. The van der Waals surface area contributed by atoms with Crippen LogP contribution < -0.4 is 5.32 Å². The predicted octanol–water partition coefficient (Wildman–Crippen LogP) is 5.08. The molecule has 1 N–H and O–H groups in total. The van der Waals surface area contributed by atoms with E-state index in [2.05, 4.69) is 35.1 Å². The summed E-state index contributed by atoms with van der Waals surface area (Å²) in [5.74, 6) is -0.143. The summed E-state index contributed by atoms with van der Waals surface area (Å²) in [5, 5.41) is 3.67. The summed E-state index contributed by atoms with van der Waals surface area (Å²) < 4.78 is 14.5. The van der Waals surface area contributed by atoms with Gasteiger partial charge in [0.15, 0.2) is 0 Å². The number of likely N-dealkylation sites (N-methyl/N-ethyl adjacent to an activating group) is 1. The van der Waals surface area contributed by atoms with Crippen molar-refractivity contribution in [3.63, 3.8) is 0 Å². The minimum absolute atomic E-state index is 0.143. The summed E-state index contributed by atoms with van der Waals surface area (Å²) in [5.41, 5.74) is 1.47. The summed E-state index contributed by atoms with van der Waals surface area (Å²) in [4.78, 5) is 0. The van der Waals surface area contributed by atoms with Crippen LogP contribution >= 0.6 is 15.9 Å². The average molecular weight is 342 g/mol. The number of hydrogen-bond donors (Lipinski definition) is 1. The Kier molecular flexibility index (Phi) is 5.62. The van der Waals surface area contributed by atoms with Crippen molar-refractivity contribution in [1.82, 2.24) is 5.32 Å². The molecule has 3 heteroatoms. The molecule has 0 heterocycles. The maximum atomic E-state index is 13.5. The fourth-order valence-corrected chi connectivity index (χ4v) is 4.11. The number of rotatable bonds is 6. The second kappa shape index (κ2) is 7.04. The fraction of sp³-hybridized carbons (Fsp3) is 0.647. The van der Waals surface area contributed by atoms with E-state index in [4.69, 9.17) is 0 Å². The van der Waals surface area contributed by atoms with Gasteiger partial charge in [0.2, 0.25) is 0 Å². The Morgan fingerprint density at radius 2 is 2.00 bits per heavy atom. The maximum Gasteiger partial charge on any atom is 0.123 e. The molecule has 2 rings (SSSR count). The quantitative estimate of drug-likeness (QED) is 0.760. The van der Waals surface area contributed by atoms with E-state index >= 15 is 0 Å². The molecule has 0 radical (unpaired) electrons. The van der Waals surface area contributed by atoms with Crippen molar-refractivity contribution < 1.29 is 4.39 Å². The molecule has 1 aromatic carbocycles. The van der Waals surface area contributed by atoms with Gasteiger partial charge in [-0.1, -0.05) is 42.6 Å². The molecule has 1 nitrogen and oxygen atoms in total. The lowest BCUT2D eigenvalue weighted by Gasteiger charge is -2.38. The van der Waals surface area contributed by atoms with Crippen LogP contribution in [-0.4, -0.2) is 12.6 Å². The molecule has 1 fully saturated rings. The lowest BCUT2D eigenvalue weighted by molar-refractivity contribution is 0.186. The van der Waals surface area contributed by atoms with Crippen molar-refractivity contribution in [2.24, 2.45) is 5.41 Å². The minimum Gasteiger partial charge on any atom is -0.313 e. The van der Waals surface area contributed by atoms with Gasteiger partial charge in [-0.15, -0.1) is 0 Å². The summed E-state index contributed by atoms with van der Waals surface area (Å²) >= 11 is 3.56. The Labute approximate surface area is 130 Å². The molecule has 1 aliphatic carbocycles. The lowest BCUT2D eigenvalue weighted by Crippen LogP contribution is -2.45. The van der Waals surface area contributed by atoms with Gasteiger partial charge in [-0.2, -0.15) is 0 Å². The smallest absolute Gasteiger partial charge is 0.123 e. The largest absolute Gasteiger partial charge is 0.313 e. The molecule has 20 heavy (non-hydrogen) atoms. The van der Waals surface area contributed by atoms with Crippen LogP contribution in [0.3, 0.4) is 0 Å². The molecule has 0 spiro atoms. The molecular formula is C17H25BrFN. The zero-order valence-electron chi connectivity index (χ0n) is 12.5. The second-order valence-corrected chi connectivity index (χ2v) is 6.83. The molecule has 1 aliphatic rings. The van der Waals surface area contributed by atoms with E-state index in [9.17, 15) is 4.39 Å². The maximum absolute atomic E-state index is 13.5. The highest BCUT2D eigenvalue weighted by Gasteiger charge is 2.39. The van der Waals surface area contributed by atoms with E-state index in [-0.39, 0.29) is 5.82 Å². The fourth-order valence-electron chi connectivity index (χ4n) is 3.70. The first-order valence-electron chi connectivity index (χ1n) is 7.78. The van der Waals surface area contributed by atoms with Gasteiger partial charge in [-0.25, -0.2) is 4.39 Å². The van der Waals surface area contributed by atoms with Gasteiger partial charge in [0, 0.05) is 10.5 Å². The van der Waals surface area contributed by atoms with Crippen molar-refractivity contribution in [3.8, 4) is 0 Å². The summed E-state index contributed by atoms with van der Waals surface area (Å²) in [6, 6.07) is 5.45. The second-order valence-electron chi connectivity index (χ2n) is 5.97. The van der Waals surface area contributed by atoms with Crippen molar-refractivity contribution >= 4 is 15.9 Å². The van der Waals surface area contributed by atoms with E-state index in [1.54, 1.807) is 6.07 Å². The van der Waals surface area contributed by atoms with Crippen molar-refractivity contribution in [2.75, 3.05) is 6.54 Å². The molecule has 0 aromatic heterocycles. The normalized spacial score (nSPS) is 19.2. The molecule has 112 valence electrons. The van der Waals surface area contributed by atoms with E-state index in [0.717, 1.165) is 23.0 Å². The lowest BCUT2D eigenvalue weighted by atomic mass is 9.74. The van der Waals surface area contributed by atoms with Crippen molar-refractivity contribution in [3.05, 3.63) is 34.1 Å². The SMILES string of the molecule is CCNC(Cc1cc(F)ccc1Br)C1(CC)CCCC1. The van der Waals surface area contributed by atoms with E-state index in [0.29, 0.717) is 11.5 Å². The zero-order valence-corrected chi connectivity index (χ0v) is 14.1. The third-order valence-corrected chi connectivity index (χ3v) is 5.70. The standard InChI is InChI=1S/C17H25BrFN/c1-3-17(9-5-6-10-17)16(20-4-2)12-13-11-14(19)7-8-15(13)18/h7-8,11,16,20H,3-6,9-10,12H2,1-2H3. The topological polar surface area (TPSA) is 12.0 Å². The molecule has 1 atom stereocenters. The predicted molar refractivity (Wildman–Crippen MR) is 86.5 cm³/mol. The number of nitrogens with one attached hydrogen (secondary N) is 1. The van der Waals surface area contributed by atoms with Gasteiger partial charge in [-0.05, 0) is 61.4 Å². The first kappa shape index (κ1) is 16.0. The number of benzene rings is 1. The third-order valence-electron chi connectivity index (χ3n) is 4.92. The van der Waals surface area contributed by atoms with E-state index < -0.39 is 0 Å².